The third-order valence-corrected chi connectivity index (χ3v) is 17.3. The Hall–Kier alpha value is -7.17. The van der Waals surface area contributed by atoms with Gasteiger partial charge in [0.1, 0.15) is 17.2 Å². The number of anilines is 3. The van der Waals surface area contributed by atoms with Crippen molar-refractivity contribution in [2.75, 3.05) is 54.4 Å². The zero-order valence-electron chi connectivity index (χ0n) is 45.8. The number of amides is 3. The minimum absolute atomic E-state index is 0.119. The maximum atomic E-state index is 14.2. The average Bonchev–Trinajstić information content (AvgIpc) is 4.12. The molecule has 11 rings (SSSR count). The Bertz CT molecular complexity index is 3370. The van der Waals surface area contributed by atoms with E-state index in [0.29, 0.717) is 59.8 Å². The van der Waals surface area contributed by atoms with E-state index in [9.17, 15) is 19.2 Å². The number of ether oxygens (including phenoxy) is 2. The van der Waals surface area contributed by atoms with E-state index in [0.717, 1.165) is 120 Å². The van der Waals surface area contributed by atoms with Crippen molar-refractivity contribution in [3.05, 3.63) is 125 Å². The largest absolute Gasteiger partial charge is 0.490 e. The number of para-hydroxylation sites is 1. The summed E-state index contributed by atoms with van der Waals surface area (Å²) in [6, 6.07) is 30.2. The second-order valence-corrected chi connectivity index (χ2v) is 24.0. The van der Waals surface area contributed by atoms with Gasteiger partial charge >= 0.3 is 5.97 Å². The fourth-order valence-corrected chi connectivity index (χ4v) is 13.0. The quantitative estimate of drug-likeness (QED) is 0.0784. The van der Waals surface area contributed by atoms with Crippen LogP contribution in [0, 0.1) is 18.8 Å². The zero-order chi connectivity index (χ0) is 54.2. The van der Waals surface area contributed by atoms with Crippen LogP contribution in [0.25, 0.3) is 32.2 Å². The zero-order valence-corrected chi connectivity index (χ0v) is 46.6. The predicted molar refractivity (Wildman–Crippen MR) is 308 cm³/mol. The highest BCUT2D eigenvalue weighted by Gasteiger charge is 2.33. The second-order valence-electron chi connectivity index (χ2n) is 23.0. The Morgan fingerprint density at radius 3 is 2.42 bits per heavy atom. The number of aromatic nitrogens is 4. The van der Waals surface area contributed by atoms with Gasteiger partial charge in [-0.15, -0.1) is 0 Å². The summed E-state index contributed by atoms with van der Waals surface area (Å²) in [5.74, 6) is 1.22. The molecule has 78 heavy (non-hydrogen) atoms. The number of carbonyl (C=O) groups is 4. The molecule has 2 saturated heterocycles. The van der Waals surface area contributed by atoms with E-state index in [4.69, 9.17) is 19.6 Å². The highest BCUT2D eigenvalue weighted by Crippen LogP contribution is 2.39. The summed E-state index contributed by atoms with van der Waals surface area (Å²) in [4.78, 5) is 69.3. The number of imide groups is 1. The molecule has 4 aromatic carbocycles. The third-order valence-electron chi connectivity index (χ3n) is 16.3. The van der Waals surface area contributed by atoms with Crippen LogP contribution in [0.15, 0.2) is 91.0 Å². The van der Waals surface area contributed by atoms with Crippen molar-refractivity contribution in [2.45, 2.75) is 117 Å². The Labute approximate surface area is 460 Å². The summed E-state index contributed by atoms with van der Waals surface area (Å²) in [5.41, 5.74) is 8.46. The number of thiazole rings is 1. The molecule has 3 aliphatic heterocycles. The van der Waals surface area contributed by atoms with Gasteiger partial charge in [-0.25, -0.2) is 14.8 Å². The van der Waals surface area contributed by atoms with Gasteiger partial charge in [-0.05, 0) is 174 Å². The molecule has 0 bridgehead atoms. The standard InChI is InChI=1S/C62H71N9O6S/c1-38(27-29-69-31-33-70(34-32-69)42-19-22-47-51(36-42)68(6)67-56(47)48-24-26-55(72)65-59(48)74)35-40-17-20-43(21-18-40)76-52-15-10-12-44(39(52)2)45-23-25-54(64-57(45)60(75)77-62(3,4)5)71-30-28-41-11-9-13-46(49(41)37-71)58(73)66-61-63-50-14-7-8-16-53(50)78-61/h7-16,19,22-23,25,36,38,40,43,48H,17-18,20-21,24,26-35,37H2,1-6H3,(H,63,66,73)(H,65,72,74)/t38-,40-,43-,48?/m0/s1. The van der Waals surface area contributed by atoms with E-state index >= 15 is 0 Å². The van der Waals surface area contributed by atoms with Crippen LogP contribution < -0.4 is 25.2 Å². The lowest BCUT2D eigenvalue weighted by atomic mass is 9.81. The van der Waals surface area contributed by atoms with Crippen LogP contribution in [-0.2, 0) is 34.3 Å². The monoisotopic (exact) mass is 1070 g/mol. The summed E-state index contributed by atoms with van der Waals surface area (Å²) < 4.78 is 15.7. The number of carbonyl (C=O) groups excluding carboxylic acids is 4. The molecule has 1 aliphatic carbocycles. The van der Waals surface area contributed by atoms with Crippen molar-refractivity contribution in [1.82, 2.24) is 30.0 Å². The first-order chi connectivity index (χ1) is 37.6. The molecular weight excluding hydrogens is 999 g/mol. The van der Waals surface area contributed by atoms with Gasteiger partial charge in [0, 0.05) is 74.9 Å². The van der Waals surface area contributed by atoms with Crippen molar-refractivity contribution < 1.29 is 28.7 Å². The molecule has 7 aromatic rings. The smallest absolute Gasteiger partial charge is 0.358 e. The molecule has 16 heteroatoms. The number of rotatable bonds is 14. The molecule has 2 atom stereocenters. The van der Waals surface area contributed by atoms with E-state index in [2.05, 4.69) is 68.4 Å². The van der Waals surface area contributed by atoms with E-state index in [1.54, 1.807) is 0 Å². The molecule has 3 fully saturated rings. The molecule has 15 nitrogen and oxygen atoms in total. The number of pyridine rings is 1. The van der Waals surface area contributed by atoms with Gasteiger partial charge < -0.3 is 19.3 Å². The van der Waals surface area contributed by atoms with Gasteiger partial charge in [0.05, 0.1) is 33.4 Å². The summed E-state index contributed by atoms with van der Waals surface area (Å²) in [7, 11) is 1.93. The molecule has 406 valence electrons. The first kappa shape index (κ1) is 52.9. The van der Waals surface area contributed by atoms with Crippen LogP contribution in [0.3, 0.4) is 0 Å². The van der Waals surface area contributed by atoms with Crippen molar-refractivity contribution in [3.8, 4) is 16.9 Å². The topological polar surface area (TPSA) is 164 Å². The Kier molecular flexibility index (Phi) is 15.1. The number of nitrogens with one attached hydrogen (secondary N) is 2. The molecular formula is C62H71N9O6S. The van der Waals surface area contributed by atoms with Gasteiger partial charge in [-0.1, -0.05) is 54.7 Å². The minimum atomic E-state index is -0.732. The first-order valence-corrected chi connectivity index (χ1v) is 28.7. The highest BCUT2D eigenvalue weighted by atomic mass is 32.1. The van der Waals surface area contributed by atoms with E-state index in [1.165, 1.54) is 29.9 Å². The summed E-state index contributed by atoms with van der Waals surface area (Å²) >= 11 is 1.45. The van der Waals surface area contributed by atoms with E-state index in [-0.39, 0.29) is 29.5 Å². The lowest BCUT2D eigenvalue weighted by Gasteiger charge is -2.37. The van der Waals surface area contributed by atoms with E-state index in [1.807, 2.05) is 99.2 Å². The summed E-state index contributed by atoms with van der Waals surface area (Å²) in [6.07, 6.45) is 8.39. The van der Waals surface area contributed by atoms with Crippen LogP contribution in [-0.4, -0.2) is 99.3 Å². The van der Waals surface area contributed by atoms with E-state index < -0.39 is 17.5 Å². The number of hydrogen-bond donors (Lipinski definition) is 2. The molecule has 4 aliphatic rings. The maximum Gasteiger partial charge on any atom is 0.358 e. The number of esters is 1. The predicted octanol–water partition coefficient (Wildman–Crippen LogP) is 11.0. The number of hydrogen-bond acceptors (Lipinski definition) is 13. The van der Waals surface area contributed by atoms with Gasteiger partial charge in [-0.2, -0.15) is 5.10 Å². The molecule has 1 unspecified atom stereocenters. The molecule has 0 spiro atoms. The third kappa shape index (κ3) is 11.5. The number of piperazine rings is 1. The van der Waals surface area contributed by atoms with Crippen molar-refractivity contribution in [3.63, 3.8) is 0 Å². The lowest BCUT2D eigenvalue weighted by Crippen LogP contribution is -2.46. The minimum Gasteiger partial charge on any atom is -0.490 e. The number of nitrogens with zero attached hydrogens (tertiary/aromatic N) is 7. The molecule has 2 N–H and O–H groups in total. The van der Waals surface area contributed by atoms with Crippen LogP contribution in [0.1, 0.15) is 128 Å². The van der Waals surface area contributed by atoms with Gasteiger partial charge in [0.15, 0.2) is 10.8 Å². The average molecular weight is 1070 g/mol. The highest BCUT2D eigenvalue weighted by molar-refractivity contribution is 7.22. The fourth-order valence-electron chi connectivity index (χ4n) is 12.1. The van der Waals surface area contributed by atoms with Gasteiger partial charge in [0.2, 0.25) is 11.8 Å². The summed E-state index contributed by atoms with van der Waals surface area (Å²) in [6.45, 7) is 16.3. The Morgan fingerprint density at radius 1 is 0.846 bits per heavy atom. The van der Waals surface area contributed by atoms with Crippen LogP contribution in [0.2, 0.25) is 0 Å². The maximum absolute atomic E-state index is 14.2. The van der Waals surface area contributed by atoms with Crippen molar-refractivity contribution in [1.29, 1.82) is 0 Å². The van der Waals surface area contributed by atoms with Gasteiger partial charge in [-0.3, -0.25) is 34.6 Å². The number of aryl methyl sites for hydroxylation is 1. The normalized spacial score (nSPS) is 19.6. The second kappa shape index (κ2) is 22.3. The number of fused-ring (bicyclic) bond motifs is 3. The fraction of sp³-hybridized carbons (Fsp3) is 0.435. The van der Waals surface area contributed by atoms with Crippen LogP contribution >= 0.6 is 11.3 Å². The molecule has 3 aromatic heterocycles. The molecule has 3 amide bonds. The first-order valence-electron chi connectivity index (χ1n) is 27.9. The van der Waals surface area contributed by atoms with Crippen molar-refractivity contribution in [2.24, 2.45) is 18.9 Å². The SMILES string of the molecule is Cc1c(O[C@H]2CC[C@H](C[C@@H](C)CCN3CCN(c4ccc5c(C6CCC(=O)NC6=O)nn(C)c5c4)CC3)CC2)cccc1-c1ccc(N2CCc3cccc(C(=O)Nc4nc5ccccc5s4)c3C2)nc1C(=O)OC(C)(C)C. The van der Waals surface area contributed by atoms with Crippen molar-refractivity contribution >= 4 is 72.8 Å². The van der Waals surface area contributed by atoms with Gasteiger partial charge in [0.25, 0.3) is 5.91 Å². The molecule has 1 saturated carbocycles. The van der Waals surface area contributed by atoms with Crippen LogP contribution in [0.5, 0.6) is 5.75 Å². The summed E-state index contributed by atoms with van der Waals surface area (Å²) in [5, 5.41) is 11.8. The Balaban J connectivity index is 0.685. The number of benzene rings is 4. The molecule has 0 radical (unpaired) electrons. The lowest BCUT2D eigenvalue weighted by molar-refractivity contribution is -0.134. The molecule has 6 heterocycles. The Morgan fingerprint density at radius 2 is 1.64 bits per heavy atom. The number of piperidine rings is 1. The van der Waals surface area contributed by atoms with Crippen LogP contribution in [0.4, 0.5) is 16.6 Å².